The molecule has 0 radical (unpaired) electrons. The lowest BCUT2D eigenvalue weighted by molar-refractivity contribution is -0.116. The van der Waals surface area contributed by atoms with Gasteiger partial charge in [0.2, 0.25) is 0 Å². The van der Waals surface area contributed by atoms with E-state index in [0.717, 1.165) is 28.0 Å². The molecular weight excluding hydrogens is 536 g/mol. The van der Waals surface area contributed by atoms with Crippen molar-refractivity contribution in [1.82, 2.24) is 20.9 Å². The van der Waals surface area contributed by atoms with Gasteiger partial charge in [0.1, 0.15) is 0 Å². The standard InChI is InChI=1S/C21H25N3O2.C15H19NO/c1-11-6-7-16(24-20(11)25)8-22-9-18-19-15(5)13(3)12(2)14(4)17(19)10-23-21(18)26;1-6-12-14-11(5)9(3)8(2)10(4)13(14)7-16-15(12)17/h6-7,9,22H,8,10H2,1-5H3,(H,23,26)(H,24,25);6H,7H2,1-5H3,(H,16,17)/b18-9-;12-6+. The smallest absolute Gasteiger partial charge is 0.253 e. The molecule has 0 saturated heterocycles. The highest BCUT2D eigenvalue weighted by atomic mass is 16.2. The first-order valence-corrected chi connectivity index (χ1v) is 14.8. The number of aryl methyl sites for hydroxylation is 1. The molecule has 3 aromatic rings. The normalized spacial score (nSPS) is 15.8. The second-order valence-electron chi connectivity index (χ2n) is 11.7. The lowest BCUT2D eigenvalue weighted by atomic mass is 9.83. The molecule has 226 valence electrons. The number of carbonyl (C=O) groups is 2. The zero-order valence-corrected chi connectivity index (χ0v) is 27.2. The summed E-state index contributed by atoms with van der Waals surface area (Å²) in [7, 11) is 0. The van der Waals surface area contributed by atoms with E-state index in [4.69, 9.17) is 0 Å². The van der Waals surface area contributed by atoms with E-state index >= 15 is 0 Å². The van der Waals surface area contributed by atoms with Gasteiger partial charge in [0, 0.05) is 36.1 Å². The Labute approximate surface area is 254 Å². The first kappa shape index (κ1) is 31.5. The van der Waals surface area contributed by atoms with Crippen LogP contribution in [0.3, 0.4) is 0 Å². The molecule has 1 aromatic heterocycles. The van der Waals surface area contributed by atoms with E-state index in [9.17, 15) is 14.4 Å². The molecule has 2 aromatic carbocycles. The summed E-state index contributed by atoms with van der Waals surface area (Å²) < 4.78 is 0. The van der Waals surface area contributed by atoms with Gasteiger partial charge in [-0.3, -0.25) is 14.4 Å². The van der Waals surface area contributed by atoms with Crippen LogP contribution < -0.4 is 21.5 Å². The Morgan fingerprint density at radius 1 is 0.651 bits per heavy atom. The van der Waals surface area contributed by atoms with Gasteiger partial charge in [0.05, 0.1) is 12.1 Å². The van der Waals surface area contributed by atoms with Crippen LogP contribution in [0.1, 0.15) is 84.9 Å². The lowest BCUT2D eigenvalue weighted by Gasteiger charge is -2.26. The van der Waals surface area contributed by atoms with Crippen LogP contribution in [0.15, 0.2) is 29.2 Å². The number of hydrogen-bond acceptors (Lipinski definition) is 4. The minimum Gasteiger partial charge on any atom is -0.385 e. The van der Waals surface area contributed by atoms with E-state index in [2.05, 4.69) is 76.3 Å². The van der Waals surface area contributed by atoms with Crippen molar-refractivity contribution in [2.45, 2.75) is 88.9 Å². The number of allylic oxidation sites excluding steroid dienone is 1. The van der Waals surface area contributed by atoms with E-state index in [1.807, 2.05) is 19.1 Å². The Kier molecular flexibility index (Phi) is 9.14. The predicted octanol–water partition coefficient (Wildman–Crippen LogP) is 5.63. The van der Waals surface area contributed by atoms with E-state index in [0.29, 0.717) is 30.8 Å². The molecule has 0 saturated carbocycles. The van der Waals surface area contributed by atoms with Gasteiger partial charge in [-0.25, -0.2) is 0 Å². The molecule has 2 aliphatic heterocycles. The summed E-state index contributed by atoms with van der Waals surface area (Å²) in [5.74, 6) is -0.0288. The molecule has 0 spiro atoms. The minimum atomic E-state index is -0.0877. The number of benzene rings is 2. The number of aromatic amines is 1. The fourth-order valence-corrected chi connectivity index (χ4v) is 6.07. The number of pyridine rings is 1. The molecule has 7 heteroatoms. The molecule has 0 fully saturated rings. The monoisotopic (exact) mass is 580 g/mol. The van der Waals surface area contributed by atoms with Crippen LogP contribution in [0.2, 0.25) is 0 Å². The van der Waals surface area contributed by atoms with E-state index < -0.39 is 0 Å². The van der Waals surface area contributed by atoms with Gasteiger partial charge >= 0.3 is 0 Å². The van der Waals surface area contributed by atoms with Crippen molar-refractivity contribution < 1.29 is 9.59 Å². The largest absolute Gasteiger partial charge is 0.385 e. The molecule has 43 heavy (non-hydrogen) atoms. The molecule has 2 aliphatic rings. The summed E-state index contributed by atoms with van der Waals surface area (Å²) in [6.45, 7) is 22.3. The molecule has 0 aliphatic carbocycles. The number of H-pyrrole nitrogens is 1. The van der Waals surface area contributed by atoms with Crippen molar-refractivity contribution in [3.05, 3.63) is 113 Å². The van der Waals surface area contributed by atoms with Crippen LogP contribution in [0.4, 0.5) is 0 Å². The molecule has 0 atom stereocenters. The van der Waals surface area contributed by atoms with Crippen LogP contribution in [0.25, 0.3) is 11.1 Å². The maximum Gasteiger partial charge on any atom is 0.253 e. The summed E-state index contributed by atoms with van der Waals surface area (Å²) in [4.78, 5) is 38.9. The Hall–Kier alpha value is -4.39. The quantitative estimate of drug-likeness (QED) is 0.302. The summed E-state index contributed by atoms with van der Waals surface area (Å²) in [5.41, 5.74) is 17.5. The van der Waals surface area contributed by atoms with Crippen molar-refractivity contribution in [1.29, 1.82) is 0 Å². The fourth-order valence-electron chi connectivity index (χ4n) is 6.07. The summed E-state index contributed by atoms with van der Waals surface area (Å²) >= 11 is 0. The molecule has 4 N–H and O–H groups in total. The number of fused-ring (bicyclic) bond motifs is 2. The zero-order valence-electron chi connectivity index (χ0n) is 27.2. The van der Waals surface area contributed by atoms with Gasteiger partial charge in [-0.05, 0) is 142 Å². The van der Waals surface area contributed by atoms with E-state index in [-0.39, 0.29) is 17.4 Å². The maximum atomic E-state index is 12.5. The Morgan fingerprint density at radius 3 is 1.60 bits per heavy atom. The zero-order chi connectivity index (χ0) is 31.7. The number of carbonyl (C=O) groups excluding carboxylic acids is 2. The highest BCUT2D eigenvalue weighted by molar-refractivity contribution is 6.22. The van der Waals surface area contributed by atoms with Crippen molar-refractivity contribution >= 4 is 23.0 Å². The van der Waals surface area contributed by atoms with Crippen LogP contribution in [-0.4, -0.2) is 16.8 Å². The van der Waals surface area contributed by atoms with Gasteiger partial charge in [-0.2, -0.15) is 0 Å². The average molecular weight is 581 g/mol. The number of nitrogens with one attached hydrogen (secondary N) is 4. The number of amides is 2. The minimum absolute atomic E-state index is 0.0470. The van der Waals surface area contributed by atoms with Gasteiger partial charge in [-0.1, -0.05) is 12.1 Å². The van der Waals surface area contributed by atoms with Crippen LogP contribution >= 0.6 is 0 Å². The van der Waals surface area contributed by atoms with E-state index in [1.165, 1.54) is 50.1 Å². The number of rotatable bonds is 3. The van der Waals surface area contributed by atoms with Crippen LogP contribution in [-0.2, 0) is 29.2 Å². The molecule has 0 unspecified atom stereocenters. The predicted molar refractivity (Wildman–Crippen MR) is 175 cm³/mol. The molecule has 0 bridgehead atoms. The average Bonchev–Trinajstić information content (AvgIpc) is 2.99. The molecular formula is C36H44N4O3. The van der Waals surface area contributed by atoms with Gasteiger partial charge in [-0.15, -0.1) is 0 Å². The van der Waals surface area contributed by atoms with Crippen molar-refractivity contribution in [2.24, 2.45) is 0 Å². The highest BCUT2D eigenvalue weighted by Gasteiger charge is 2.27. The van der Waals surface area contributed by atoms with Gasteiger partial charge < -0.3 is 20.9 Å². The molecule has 5 rings (SSSR count). The van der Waals surface area contributed by atoms with Gasteiger partial charge in [0.15, 0.2) is 0 Å². The van der Waals surface area contributed by atoms with Crippen LogP contribution in [0, 0.1) is 62.3 Å². The van der Waals surface area contributed by atoms with Gasteiger partial charge in [0.25, 0.3) is 17.4 Å². The third-order valence-electron chi connectivity index (χ3n) is 9.51. The van der Waals surface area contributed by atoms with Crippen molar-refractivity contribution in [2.75, 3.05) is 0 Å². The summed E-state index contributed by atoms with van der Waals surface area (Å²) in [6, 6.07) is 3.67. The summed E-state index contributed by atoms with van der Waals surface area (Å²) in [5, 5.41) is 9.09. The second-order valence-corrected chi connectivity index (χ2v) is 11.7. The Balaban J connectivity index is 0.000000215. The first-order valence-electron chi connectivity index (χ1n) is 14.8. The maximum absolute atomic E-state index is 12.5. The van der Waals surface area contributed by atoms with E-state index in [1.54, 1.807) is 19.2 Å². The van der Waals surface area contributed by atoms with Crippen LogP contribution in [0.5, 0.6) is 0 Å². The highest BCUT2D eigenvalue weighted by Crippen LogP contribution is 2.35. The molecule has 2 amide bonds. The Bertz CT molecular complexity index is 1770. The SMILES string of the molecule is C/C=C1/C(=O)NCc2c(C)c(C)c(C)c(C)c21.Cc1c(C)c(C)c2c(c1C)CNC(=O)/C2=C\NCc1ccc(C)c(=O)[nH]1. The molecule has 3 heterocycles. The lowest BCUT2D eigenvalue weighted by Crippen LogP contribution is -2.32. The summed E-state index contributed by atoms with van der Waals surface area (Å²) in [6.07, 6.45) is 3.67. The molecule has 7 nitrogen and oxygen atoms in total. The third kappa shape index (κ3) is 5.81. The fraction of sp³-hybridized carbons (Fsp3) is 0.361. The van der Waals surface area contributed by atoms with Crippen molar-refractivity contribution in [3.63, 3.8) is 0 Å². The van der Waals surface area contributed by atoms with Crippen molar-refractivity contribution in [3.8, 4) is 0 Å². The number of aromatic nitrogens is 1. The second kappa shape index (κ2) is 12.5. The third-order valence-corrected chi connectivity index (χ3v) is 9.51. The number of hydrogen-bond donors (Lipinski definition) is 4. The first-order chi connectivity index (χ1) is 20.3. The Morgan fingerprint density at radius 2 is 1.12 bits per heavy atom. The topological polar surface area (TPSA) is 103 Å².